The molecule has 104 valence electrons. The second-order valence-electron chi connectivity index (χ2n) is 6.52. The molecule has 3 aliphatic rings. The molecule has 1 atom stereocenters. The topological polar surface area (TPSA) is 24.5 Å². The van der Waals surface area contributed by atoms with Gasteiger partial charge >= 0.3 is 0 Å². The van der Waals surface area contributed by atoms with E-state index in [-0.39, 0.29) is 0 Å². The molecule has 3 heteroatoms. The van der Waals surface area contributed by atoms with E-state index in [0.717, 1.165) is 19.1 Å². The summed E-state index contributed by atoms with van der Waals surface area (Å²) in [5.74, 6) is 0.918. The molecule has 1 saturated heterocycles. The number of rotatable bonds is 4. The van der Waals surface area contributed by atoms with E-state index >= 15 is 0 Å². The van der Waals surface area contributed by atoms with Crippen LogP contribution in [0.1, 0.15) is 44.9 Å². The van der Waals surface area contributed by atoms with Gasteiger partial charge in [0.25, 0.3) is 0 Å². The van der Waals surface area contributed by atoms with Crippen molar-refractivity contribution >= 4 is 0 Å². The molecule has 0 bridgehead atoms. The van der Waals surface area contributed by atoms with E-state index < -0.39 is 0 Å². The predicted molar refractivity (Wildman–Crippen MR) is 73.8 cm³/mol. The van der Waals surface area contributed by atoms with Gasteiger partial charge in [0.05, 0.1) is 6.61 Å². The first kappa shape index (κ1) is 12.9. The van der Waals surface area contributed by atoms with Gasteiger partial charge in [-0.2, -0.15) is 0 Å². The van der Waals surface area contributed by atoms with Crippen LogP contribution in [0.2, 0.25) is 0 Å². The van der Waals surface area contributed by atoms with Gasteiger partial charge in [-0.05, 0) is 31.6 Å². The van der Waals surface area contributed by atoms with Crippen molar-refractivity contribution in [2.75, 3.05) is 33.4 Å². The minimum absolute atomic E-state index is 0.461. The van der Waals surface area contributed by atoms with Crippen LogP contribution in [0.5, 0.6) is 0 Å². The molecule has 3 fully saturated rings. The Bertz CT molecular complexity index is 263. The Hall–Kier alpha value is -0.120. The largest absolute Gasteiger partial charge is 0.383 e. The molecule has 1 N–H and O–H groups in total. The lowest BCUT2D eigenvalue weighted by atomic mass is 9.78. The highest BCUT2D eigenvalue weighted by Gasteiger charge is 2.46. The van der Waals surface area contributed by atoms with Crippen molar-refractivity contribution in [2.24, 2.45) is 5.92 Å². The minimum atomic E-state index is 0.461. The zero-order valence-electron chi connectivity index (χ0n) is 11.8. The number of hydrogen-bond donors (Lipinski definition) is 1. The van der Waals surface area contributed by atoms with Crippen LogP contribution in [-0.2, 0) is 4.74 Å². The zero-order chi connectivity index (χ0) is 12.4. The molecule has 3 rings (SSSR count). The fourth-order valence-corrected chi connectivity index (χ4v) is 4.18. The van der Waals surface area contributed by atoms with Crippen LogP contribution in [0, 0.1) is 5.92 Å². The number of nitrogens with zero attached hydrogens (tertiary/aromatic N) is 1. The van der Waals surface area contributed by atoms with Gasteiger partial charge in [0.15, 0.2) is 0 Å². The van der Waals surface area contributed by atoms with Crippen molar-refractivity contribution in [1.82, 2.24) is 10.2 Å². The Morgan fingerprint density at radius 3 is 2.72 bits per heavy atom. The van der Waals surface area contributed by atoms with Crippen LogP contribution in [0.4, 0.5) is 0 Å². The van der Waals surface area contributed by atoms with Gasteiger partial charge in [-0.15, -0.1) is 0 Å². The number of methoxy groups -OCH3 is 1. The maximum absolute atomic E-state index is 5.53. The molecule has 0 aromatic carbocycles. The van der Waals surface area contributed by atoms with Crippen molar-refractivity contribution in [3.05, 3.63) is 0 Å². The Labute approximate surface area is 111 Å². The fraction of sp³-hybridized carbons (Fsp3) is 1.00. The molecule has 0 radical (unpaired) electrons. The van der Waals surface area contributed by atoms with Crippen molar-refractivity contribution in [2.45, 2.75) is 56.5 Å². The highest BCUT2D eigenvalue weighted by molar-refractivity contribution is 5.03. The van der Waals surface area contributed by atoms with Gasteiger partial charge in [0, 0.05) is 38.3 Å². The zero-order valence-corrected chi connectivity index (χ0v) is 11.8. The van der Waals surface area contributed by atoms with Gasteiger partial charge in [-0.3, -0.25) is 4.90 Å². The third-order valence-electron chi connectivity index (χ3n) is 5.28. The molecule has 0 aromatic heterocycles. The molecular formula is C15H28N2O. The Balaban J connectivity index is 1.76. The third kappa shape index (κ3) is 2.45. The summed E-state index contributed by atoms with van der Waals surface area (Å²) in [6, 6.07) is 0.690. The van der Waals surface area contributed by atoms with E-state index in [0.29, 0.717) is 11.6 Å². The predicted octanol–water partition coefficient (Wildman–Crippen LogP) is 2.02. The first-order chi connectivity index (χ1) is 8.86. The molecule has 2 saturated carbocycles. The highest BCUT2D eigenvalue weighted by atomic mass is 16.5. The molecule has 0 aromatic rings. The summed E-state index contributed by atoms with van der Waals surface area (Å²) in [4.78, 5) is 2.85. The van der Waals surface area contributed by atoms with Crippen molar-refractivity contribution in [3.8, 4) is 0 Å². The quantitative estimate of drug-likeness (QED) is 0.828. The monoisotopic (exact) mass is 252 g/mol. The number of piperazine rings is 1. The molecular weight excluding hydrogens is 224 g/mol. The van der Waals surface area contributed by atoms with Gasteiger partial charge < -0.3 is 10.1 Å². The molecule has 1 heterocycles. The standard InChI is InChI=1S/C15H28N2O/c1-18-11-14(13-5-6-13)17-10-9-16-12-15(17)7-3-2-4-8-15/h13-14,16H,2-12H2,1H3. The normalized spacial score (nSPS) is 30.5. The van der Waals surface area contributed by atoms with Crippen LogP contribution in [-0.4, -0.2) is 49.8 Å². The van der Waals surface area contributed by atoms with Crippen molar-refractivity contribution in [3.63, 3.8) is 0 Å². The second kappa shape index (κ2) is 5.48. The van der Waals surface area contributed by atoms with Gasteiger partial charge in [-0.25, -0.2) is 0 Å². The van der Waals surface area contributed by atoms with Crippen LogP contribution in [0.15, 0.2) is 0 Å². The summed E-state index contributed by atoms with van der Waals surface area (Å²) < 4.78 is 5.53. The third-order valence-corrected chi connectivity index (χ3v) is 5.28. The molecule has 1 unspecified atom stereocenters. The Morgan fingerprint density at radius 1 is 1.28 bits per heavy atom. The first-order valence-corrected chi connectivity index (χ1v) is 7.82. The minimum Gasteiger partial charge on any atom is -0.383 e. The molecule has 18 heavy (non-hydrogen) atoms. The first-order valence-electron chi connectivity index (χ1n) is 7.82. The number of nitrogens with one attached hydrogen (secondary N) is 1. The number of hydrogen-bond acceptors (Lipinski definition) is 3. The van der Waals surface area contributed by atoms with Crippen LogP contribution >= 0.6 is 0 Å². The lowest BCUT2D eigenvalue weighted by Crippen LogP contribution is -2.65. The summed E-state index contributed by atoms with van der Waals surface area (Å²) in [5, 5.41) is 3.65. The van der Waals surface area contributed by atoms with Crippen molar-refractivity contribution < 1.29 is 4.74 Å². The van der Waals surface area contributed by atoms with Crippen LogP contribution in [0.25, 0.3) is 0 Å². The summed E-state index contributed by atoms with van der Waals surface area (Å²) in [6.07, 6.45) is 9.92. The van der Waals surface area contributed by atoms with E-state index in [2.05, 4.69) is 10.2 Å². The SMILES string of the molecule is COCC(C1CC1)N1CCNCC12CCCCC2. The Morgan fingerprint density at radius 2 is 2.06 bits per heavy atom. The Kier molecular flexibility index (Phi) is 3.92. The maximum Gasteiger partial charge on any atom is 0.0620 e. The van der Waals surface area contributed by atoms with Crippen LogP contribution < -0.4 is 5.32 Å². The summed E-state index contributed by atoms with van der Waals surface area (Å²) >= 11 is 0. The van der Waals surface area contributed by atoms with E-state index in [1.165, 1.54) is 58.0 Å². The second-order valence-corrected chi connectivity index (χ2v) is 6.52. The average molecular weight is 252 g/mol. The lowest BCUT2D eigenvalue weighted by molar-refractivity contribution is -0.0389. The molecule has 3 nitrogen and oxygen atoms in total. The fourth-order valence-electron chi connectivity index (χ4n) is 4.18. The van der Waals surface area contributed by atoms with Gasteiger partial charge in [-0.1, -0.05) is 19.3 Å². The van der Waals surface area contributed by atoms with E-state index in [1.54, 1.807) is 0 Å². The summed E-state index contributed by atoms with van der Waals surface area (Å²) in [6.45, 7) is 4.53. The average Bonchev–Trinajstić information content (AvgIpc) is 3.22. The van der Waals surface area contributed by atoms with Crippen molar-refractivity contribution in [1.29, 1.82) is 0 Å². The van der Waals surface area contributed by atoms with Gasteiger partial charge in [0.2, 0.25) is 0 Å². The van der Waals surface area contributed by atoms with E-state index in [1.807, 2.05) is 7.11 Å². The molecule has 2 aliphatic carbocycles. The lowest BCUT2D eigenvalue weighted by Gasteiger charge is -2.53. The summed E-state index contributed by atoms with van der Waals surface area (Å²) in [7, 11) is 1.87. The highest BCUT2D eigenvalue weighted by Crippen LogP contribution is 2.42. The number of ether oxygens (including phenoxy) is 1. The molecule has 1 aliphatic heterocycles. The van der Waals surface area contributed by atoms with Gasteiger partial charge in [0.1, 0.15) is 0 Å². The summed E-state index contributed by atoms with van der Waals surface area (Å²) in [5.41, 5.74) is 0.461. The maximum atomic E-state index is 5.53. The van der Waals surface area contributed by atoms with Crippen LogP contribution in [0.3, 0.4) is 0 Å². The van der Waals surface area contributed by atoms with E-state index in [4.69, 9.17) is 4.74 Å². The van der Waals surface area contributed by atoms with E-state index in [9.17, 15) is 0 Å². The molecule has 1 spiro atoms. The smallest absolute Gasteiger partial charge is 0.0620 e. The molecule has 0 amide bonds.